The van der Waals surface area contributed by atoms with Crippen LogP contribution in [0, 0.1) is 0 Å². The Labute approximate surface area is 257 Å². The summed E-state index contributed by atoms with van der Waals surface area (Å²) >= 11 is 0. The Morgan fingerprint density at radius 1 is 0.477 bits per heavy atom. The molecule has 1 aliphatic rings. The van der Waals surface area contributed by atoms with Crippen molar-refractivity contribution in [3.8, 4) is 67.5 Å². The van der Waals surface area contributed by atoms with Crippen molar-refractivity contribution in [3.63, 3.8) is 0 Å². The molecule has 44 heavy (non-hydrogen) atoms. The second-order valence-electron chi connectivity index (χ2n) is 11.9. The zero-order valence-electron chi connectivity index (χ0n) is 24.7. The summed E-state index contributed by atoms with van der Waals surface area (Å²) in [5.74, 6) is 1.21. The largest absolute Gasteiger partial charge is 0.461 e. The molecule has 3 heteroatoms. The number of fused-ring (bicyclic) bond motifs is 3. The fourth-order valence-electron chi connectivity index (χ4n) is 6.66. The van der Waals surface area contributed by atoms with Crippen LogP contribution in [0.4, 0.5) is 0 Å². The molecule has 0 N–H and O–H groups in total. The molecule has 0 spiro atoms. The molecule has 1 aliphatic carbocycles. The third kappa shape index (κ3) is 4.37. The Morgan fingerprint density at radius 2 is 1.09 bits per heavy atom. The van der Waals surface area contributed by atoms with Crippen molar-refractivity contribution in [1.82, 2.24) is 9.97 Å². The van der Waals surface area contributed by atoms with Crippen molar-refractivity contribution < 1.29 is 4.42 Å². The molecule has 0 saturated heterocycles. The molecule has 3 nitrogen and oxygen atoms in total. The van der Waals surface area contributed by atoms with E-state index >= 15 is 0 Å². The lowest BCUT2D eigenvalue weighted by atomic mass is 9.78. The smallest absolute Gasteiger partial charge is 0.196 e. The minimum absolute atomic E-state index is 0.0982. The average Bonchev–Trinajstić information content (AvgIpc) is 3.71. The van der Waals surface area contributed by atoms with Gasteiger partial charge in [0.2, 0.25) is 0 Å². The minimum Gasteiger partial charge on any atom is -0.461 e. The van der Waals surface area contributed by atoms with Crippen molar-refractivity contribution >= 4 is 0 Å². The van der Waals surface area contributed by atoms with Gasteiger partial charge in [0.05, 0.1) is 17.7 Å². The molecule has 8 rings (SSSR count). The maximum Gasteiger partial charge on any atom is 0.196 e. The first-order valence-corrected chi connectivity index (χ1v) is 15.0. The van der Waals surface area contributed by atoms with Crippen LogP contribution in [-0.2, 0) is 5.41 Å². The second-order valence-corrected chi connectivity index (χ2v) is 11.9. The molecule has 0 atom stereocenters. The zero-order valence-corrected chi connectivity index (χ0v) is 24.7. The van der Waals surface area contributed by atoms with Gasteiger partial charge in [-0.3, -0.25) is 0 Å². The van der Waals surface area contributed by atoms with E-state index in [0.717, 1.165) is 22.5 Å². The molecule has 7 aromatic rings. The molecule has 210 valence electrons. The van der Waals surface area contributed by atoms with Crippen molar-refractivity contribution in [3.05, 3.63) is 157 Å². The van der Waals surface area contributed by atoms with Gasteiger partial charge in [0.25, 0.3) is 0 Å². The number of nitrogens with zero attached hydrogens (tertiary/aromatic N) is 2. The Bertz CT molecular complexity index is 2130. The fraction of sp³-hybridized carbons (Fsp3) is 0.0732. The van der Waals surface area contributed by atoms with Crippen molar-refractivity contribution in [2.24, 2.45) is 0 Å². The molecule has 0 radical (unpaired) electrons. The molecule has 2 heterocycles. The fourth-order valence-corrected chi connectivity index (χ4v) is 6.66. The van der Waals surface area contributed by atoms with E-state index in [4.69, 9.17) is 14.4 Å². The van der Waals surface area contributed by atoms with Gasteiger partial charge in [-0.25, -0.2) is 9.97 Å². The second kappa shape index (κ2) is 10.3. The number of rotatable bonds is 5. The van der Waals surface area contributed by atoms with E-state index in [1.54, 1.807) is 6.26 Å². The van der Waals surface area contributed by atoms with Crippen LogP contribution in [0.15, 0.2) is 150 Å². The highest BCUT2D eigenvalue weighted by atomic mass is 16.3. The predicted octanol–water partition coefficient (Wildman–Crippen LogP) is 10.7. The van der Waals surface area contributed by atoms with Crippen molar-refractivity contribution in [2.75, 3.05) is 0 Å². The first-order chi connectivity index (χ1) is 21.6. The third-order valence-electron chi connectivity index (χ3n) is 8.80. The van der Waals surface area contributed by atoms with E-state index in [0.29, 0.717) is 11.6 Å². The van der Waals surface area contributed by atoms with Gasteiger partial charge in [-0.05, 0) is 68.8 Å². The van der Waals surface area contributed by atoms with Crippen LogP contribution in [0.2, 0.25) is 0 Å². The maximum absolute atomic E-state index is 5.75. The van der Waals surface area contributed by atoms with Gasteiger partial charge < -0.3 is 4.42 Å². The Morgan fingerprint density at radius 3 is 1.89 bits per heavy atom. The predicted molar refractivity (Wildman–Crippen MR) is 179 cm³/mol. The van der Waals surface area contributed by atoms with Gasteiger partial charge >= 0.3 is 0 Å². The summed E-state index contributed by atoms with van der Waals surface area (Å²) < 4.78 is 5.75. The summed E-state index contributed by atoms with van der Waals surface area (Å²) in [6.45, 7) is 4.67. The normalized spacial score (nSPS) is 13.0. The van der Waals surface area contributed by atoms with Crippen LogP contribution in [0.3, 0.4) is 0 Å². The van der Waals surface area contributed by atoms with E-state index in [2.05, 4.69) is 135 Å². The molecule has 0 bridgehead atoms. The van der Waals surface area contributed by atoms with E-state index in [-0.39, 0.29) is 5.41 Å². The van der Waals surface area contributed by atoms with Gasteiger partial charge in [-0.15, -0.1) is 0 Å². The lowest BCUT2D eigenvalue weighted by Gasteiger charge is -2.24. The molecule has 0 amide bonds. The summed E-state index contributed by atoms with van der Waals surface area (Å²) in [6.07, 6.45) is 1.66. The molecular formula is C41H30N2O. The first kappa shape index (κ1) is 26.1. The van der Waals surface area contributed by atoms with Crippen LogP contribution in [0.25, 0.3) is 67.5 Å². The third-order valence-corrected chi connectivity index (χ3v) is 8.80. The van der Waals surface area contributed by atoms with Gasteiger partial charge in [0, 0.05) is 16.5 Å². The standard InChI is InChI=1S/C41H30N2O/c1-41(2)35-18-7-6-15-33(35)34-17-9-16-32(39(34)41)30-13-8-14-31(25-30)37-26-36(42-40(43-37)38-19-10-24-44-38)29-22-20-28(21-23-29)27-11-4-3-5-12-27/h3-26H,1-2H3. The molecule has 5 aromatic carbocycles. The quantitative estimate of drug-likeness (QED) is 0.208. The van der Waals surface area contributed by atoms with Crippen LogP contribution in [0.1, 0.15) is 25.0 Å². The van der Waals surface area contributed by atoms with Crippen LogP contribution >= 0.6 is 0 Å². The summed E-state index contributed by atoms with van der Waals surface area (Å²) in [5, 5.41) is 0. The number of hydrogen-bond donors (Lipinski definition) is 0. The Balaban J connectivity index is 1.24. The molecule has 2 aromatic heterocycles. The van der Waals surface area contributed by atoms with Gasteiger partial charge in [-0.2, -0.15) is 0 Å². The number of hydrogen-bond acceptors (Lipinski definition) is 3. The van der Waals surface area contributed by atoms with Crippen LogP contribution in [0.5, 0.6) is 0 Å². The monoisotopic (exact) mass is 566 g/mol. The Kier molecular flexibility index (Phi) is 6.13. The van der Waals surface area contributed by atoms with E-state index in [1.165, 1.54) is 44.5 Å². The Hall–Kier alpha value is -5.54. The summed E-state index contributed by atoms with van der Waals surface area (Å²) in [6, 6.07) is 49.0. The molecular weight excluding hydrogens is 536 g/mol. The lowest BCUT2D eigenvalue weighted by molar-refractivity contribution is 0.577. The molecule has 0 unspecified atom stereocenters. The van der Waals surface area contributed by atoms with E-state index in [9.17, 15) is 0 Å². The highest BCUT2D eigenvalue weighted by molar-refractivity contribution is 5.89. The van der Waals surface area contributed by atoms with Crippen molar-refractivity contribution in [2.45, 2.75) is 19.3 Å². The molecule has 0 fully saturated rings. The van der Waals surface area contributed by atoms with Gasteiger partial charge in [-0.1, -0.05) is 129 Å². The molecule has 0 aliphatic heterocycles. The topological polar surface area (TPSA) is 38.9 Å². The SMILES string of the molecule is CC1(C)c2ccccc2-c2cccc(-c3cccc(-c4cc(-c5ccc(-c6ccccc6)cc5)nc(-c5ccco5)n4)c3)c21. The molecule has 0 saturated carbocycles. The lowest BCUT2D eigenvalue weighted by Crippen LogP contribution is -2.16. The summed E-state index contributed by atoms with van der Waals surface area (Å²) in [5.41, 5.74) is 13.8. The van der Waals surface area contributed by atoms with Crippen LogP contribution in [-0.4, -0.2) is 9.97 Å². The summed E-state index contributed by atoms with van der Waals surface area (Å²) in [7, 11) is 0. The van der Waals surface area contributed by atoms with Crippen molar-refractivity contribution in [1.29, 1.82) is 0 Å². The maximum atomic E-state index is 5.75. The van der Waals surface area contributed by atoms with E-state index < -0.39 is 0 Å². The number of furan rings is 1. The number of aromatic nitrogens is 2. The van der Waals surface area contributed by atoms with E-state index in [1.807, 2.05) is 18.2 Å². The van der Waals surface area contributed by atoms with Gasteiger partial charge in [0.15, 0.2) is 11.6 Å². The average molecular weight is 567 g/mol. The van der Waals surface area contributed by atoms with Crippen LogP contribution < -0.4 is 0 Å². The first-order valence-electron chi connectivity index (χ1n) is 15.0. The zero-order chi connectivity index (χ0) is 29.7. The highest BCUT2D eigenvalue weighted by Crippen LogP contribution is 2.52. The highest BCUT2D eigenvalue weighted by Gasteiger charge is 2.37. The number of benzene rings is 5. The van der Waals surface area contributed by atoms with Gasteiger partial charge in [0.1, 0.15) is 0 Å². The summed E-state index contributed by atoms with van der Waals surface area (Å²) in [4.78, 5) is 9.94. The minimum atomic E-state index is -0.0982.